The summed E-state index contributed by atoms with van der Waals surface area (Å²) >= 11 is 0. The highest BCUT2D eigenvalue weighted by Gasteiger charge is 2.51. The summed E-state index contributed by atoms with van der Waals surface area (Å²) in [4.78, 5) is 31.7. The van der Waals surface area contributed by atoms with Crippen molar-refractivity contribution in [2.24, 2.45) is 0 Å². The fourth-order valence-corrected chi connectivity index (χ4v) is 2.91. The number of nitrogens with zero attached hydrogens (tertiary/aromatic N) is 2. The van der Waals surface area contributed by atoms with E-state index in [4.69, 9.17) is 4.74 Å². The first-order chi connectivity index (χ1) is 12.9. The van der Waals surface area contributed by atoms with Crippen molar-refractivity contribution in [3.63, 3.8) is 0 Å². The first kappa shape index (κ1) is 18.8. The van der Waals surface area contributed by atoms with Gasteiger partial charge in [0.1, 0.15) is 5.82 Å². The Morgan fingerprint density at radius 3 is 2.85 bits per heavy atom. The normalized spacial score (nSPS) is 18.7. The van der Waals surface area contributed by atoms with Gasteiger partial charge in [0, 0.05) is 12.7 Å². The maximum atomic E-state index is 14.1. The first-order valence-electron chi connectivity index (χ1n) is 8.90. The van der Waals surface area contributed by atoms with Gasteiger partial charge in [-0.2, -0.15) is 0 Å². The number of fused-ring (bicyclic) bond motifs is 1. The molecule has 0 bridgehead atoms. The van der Waals surface area contributed by atoms with Crippen LogP contribution in [0.4, 0.5) is 15.9 Å². The Kier molecular flexibility index (Phi) is 5.12. The third-order valence-electron chi connectivity index (χ3n) is 4.52. The number of halogens is 1. The Balaban J connectivity index is 1.93. The van der Waals surface area contributed by atoms with Crippen molar-refractivity contribution in [2.75, 3.05) is 16.8 Å². The van der Waals surface area contributed by atoms with E-state index in [1.54, 1.807) is 31.3 Å². The minimum atomic E-state index is -1.82. The van der Waals surface area contributed by atoms with Gasteiger partial charge < -0.3 is 10.1 Å². The van der Waals surface area contributed by atoms with Gasteiger partial charge >= 0.3 is 0 Å². The van der Waals surface area contributed by atoms with Crippen LogP contribution in [0.15, 0.2) is 36.5 Å². The number of hydrogen-bond acceptors (Lipinski definition) is 4. The molecule has 2 aromatic rings. The lowest BCUT2D eigenvalue weighted by Gasteiger charge is -2.38. The maximum Gasteiger partial charge on any atom is 0.282 e. The lowest BCUT2D eigenvalue weighted by atomic mass is 10.0. The molecule has 1 aliphatic rings. The van der Waals surface area contributed by atoms with Gasteiger partial charge in [-0.25, -0.2) is 9.37 Å². The fourth-order valence-electron chi connectivity index (χ4n) is 2.91. The summed E-state index contributed by atoms with van der Waals surface area (Å²) in [5.41, 5.74) is -1.09. The van der Waals surface area contributed by atoms with Gasteiger partial charge in [-0.1, -0.05) is 19.4 Å². The Bertz CT molecular complexity index is 887. The number of unbranched alkanes of at least 4 members (excludes halogenated alkanes) is 1. The van der Waals surface area contributed by atoms with Crippen LogP contribution in [-0.2, 0) is 9.59 Å². The molecule has 1 aromatic heterocycles. The standard InChI is InChI=1S/C20H22FN3O3/c1-4-5-11-24-17-16(7-6-10-22-17)27-20(3,19(24)26)18(25)23-15-9-8-13(2)12-14(15)21/h6-10,12H,4-5,11H2,1-3H3,(H,23,25)/t20-/m1/s1. The van der Waals surface area contributed by atoms with E-state index in [9.17, 15) is 14.0 Å². The third-order valence-corrected chi connectivity index (χ3v) is 4.52. The predicted molar refractivity (Wildman–Crippen MR) is 100 cm³/mol. The molecule has 0 spiro atoms. The minimum Gasteiger partial charge on any atom is -0.464 e. The molecule has 6 nitrogen and oxygen atoms in total. The molecule has 0 fully saturated rings. The SMILES string of the molecule is CCCCN1C(=O)[C@@](C)(C(=O)Nc2ccc(C)cc2F)Oc2cccnc21. The van der Waals surface area contributed by atoms with Gasteiger partial charge in [0.15, 0.2) is 11.6 Å². The largest absolute Gasteiger partial charge is 0.464 e. The summed E-state index contributed by atoms with van der Waals surface area (Å²) in [5.74, 6) is -1.09. The number of anilines is 2. The highest BCUT2D eigenvalue weighted by Crippen LogP contribution is 2.36. The molecule has 0 unspecified atom stereocenters. The summed E-state index contributed by atoms with van der Waals surface area (Å²) < 4.78 is 19.9. The third kappa shape index (κ3) is 3.49. The average Bonchev–Trinajstić information content (AvgIpc) is 2.64. The van der Waals surface area contributed by atoms with E-state index >= 15 is 0 Å². The van der Waals surface area contributed by atoms with Crippen LogP contribution in [0.25, 0.3) is 0 Å². The van der Waals surface area contributed by atoms with E-state index in [1.807, 2.05) is 6.92 Å². The summed E-state index contributed by atoms with van der Waals surface area (Å²) in [7, 11) is 0. The molecule has 1 aromatic carbocycles. The molecule has 0 aliphatic carbocycles. The van der Waals surface area contributed by atoms with Crippen LogP contribution in [0.3, 0.4) is 0 Å². The summed E-state index contributed by atoms with van der Waals surface area (Å²) in [6.07, 6.45) is 3.20. The molecular formula is C20H22FN3O3. The van der Waals surface area contributed by atoms with Crippen LogP contribution in [0.5, 0.6) is 5.75 Å². The lowest BCUT2D eigenvalue weighted by molar-refractivity contribution is -0.145. The molecule has 0 saturated carbocycles. The van der Waals surface area contributed by atoms with Crippen molar-refractivity contribution >= 4 is 23.3 Å². The molecule has 2 heterocycles. The second kappa shape index (κ2) is 7.34. The van der Waals surface area contributed by atoms with Crippen molar-refractivity contribution in [3.05, 3.63) is 47.9 Å². The van der Waals surface area contributed by atoms with E-state index < -0.39 is 23.2 Å². The number of benzene rings is 1. The Morgan fingerprint density at radius 2 is 2.15 bits per heavy atom. The number of aryl methyl sites for hydroxylation is 1. The van der Waals surface area contributed by atoms with E-state index in [1.165, 1.54) is 24.0 Å². The average molecular weight is 371 g/mol. The van der Waals surface area contributed by atoms with E-state index in [-0.39, 0.29) is 5.69 Å². The van der Waals surface area contributed by atoms with Crippen LogP contribution < -0.4 is 15.0 Å². The number of carbonyl (C=O) groups excluding carboxylic acids is 2. The molecule has 1 atom stereocenters. The van der Waals surface area contributed by atoms with Gasteiger partial charge in [0.05, 0.1) is 5.69 Å². The molecular weight excluding hydrogens is 349 g/mol. The zero-order valence-electron chi connectivity index (χ0n) is 15.6. The number of hydrogen-bond donors (Lipinski definition) is 1. The van der Waals surface area contributed by atoms with Gasteiger partial charge in [0.25, 0.3) is 17.4 Å². The molecule has 7 heteroatoms. The smallest absolute Gasteiger partial charge is 0.282 e. The van der Waals surface area contributed by atoms with Crippen molar-refractivity contribution < 1.29 is 18.7 Å². The highest BCUT2D eigenvalue weighted by molar-refractivity contribution is 6.19. The molecule has 1 N–H and O–H groups in total. The minimum absolute atomic E-state index is 0.000293. The Labute approximate surface area is 157 Å². The highest BCUT2D eigenvalue weighted by atomic mass is 19.1. The van der Waals surface area contributed by atoms with Gasteiger partial charge in [-0.05, 0) is 50.1 Å². The van der Waals surface area contributed by atoms with Crippen molar-refractivity contribution in [3.8, 4) is 5.75 Å². The number of amides is 2. The number of carbonyl (C=O) groups is 2. The van der Waals surface area contributed by atoms with Gasteiger partial charge in [-0.15, -0.1) is 0 Å². The summed E-state index contributed by atoms with van der Waals surface area (Å²) in [6, 6.07) is 7.78. The molecule has 0 saturated heterocycles. The zero-order valence-corrected chi connectivity index (χ0v) is 15.6. The van der Waals surface area contributed by atoms with E-state index in [0.29, 0.717) is 18.1 Å². The monoisotopic (exact) mass is 371 g/mol. The quantitative estimate of drug-likeness (QED) is 0.817. The topological polar surface area (TPSA) is 71.5 Å². The van der Waals surface area contributed by atoms with Crippen molar-refractivity contribution in [1.29, 1.82) is 0 Å². The fraction of sp³-hybridized carbons (Fsp3) is 0.350. The molecule has 27 heavy (non-hydrogen) atoms. The molecule has 2 amide bonds. The van der Waals surface area contributed by atoms with Crippen molar-refractivity contribution in [1.82, 2.24) is 4.98 Å². The van der Waals surface area contributed by atoms with Crippen LogP contribution in [0.1, 0.15) is 32.3 Å². The molecule has 142 valence electrons. The van der Waals surface area contributed by atoms with E-state index in [0.717, 1.165) is 18.4 Å². The molecule has 0 radical (unpaired) electrons. The second-order valence-corrected chi connectivity index (χ2v) is 6.71. The van der Waals surface area contributed by atoms with Gasteiger partial charge in [-0.3, -0.25) is 14.5 Å². The van der Waals surface area contributed by atoms with Crippen LogP contribution >= 0.6 is 0 Å². The zero-order chi connectivity index (χ0) is 19.6. The number of ether oxygens (including phenoxy) is 1. The van der Waals surface area contributed by atoms with Crippen molar-refractivity contribution in [2.45, 2.75) is 39.2 Å². The number of nitrogens with one attached hydrogen (secondary N) is 1. The number of pyridine rings is 1. The Hall–Kier alpha value is -2.96. The molecule has 3 rings (SSSR count). The number of aromatic nitrogens is 1. The van der Waals surface area contributed by atoms with E-state index in [2.05, 4.69) is 10.3 Å². The Morgan fingerprint density at radius 1 is 1.37 bits per heavy atom. The van der Waals surface area contributed by atoms with Crippen LogP contribution in [0.2, 0.25) is 0 Å². The summed E-state index contributed by atoms with van der Waals surface area (Å²) in [6.45, 7) is 5.58. The first-order valence-corrected chi connectivity index (χ1v) is 8.90. The van der Waals surface area contributed by atoms with Crippen LogP contribution in [0, 0.1) is 12.7 Å². The van der Waals surface area contributed by atoms with Crippen LogP contribution in [-0.4, -0.2) is 28.9 Å². The second-order valence-electron chi connectivity index (χ2n) is 6.71. The predicted octanol–water partition coefficient (Wildman–Crippen LogP) is 3.45. The number of rotatable bonds is 5. The maximum absolute atomic E-state index is 14.1. The lowest BCUT2D eigenvalue weighted by Crippen LogP contribution is -2.61. The van der Waals surface area contributed by atoms with Gasteiger partial charge in [0.2, 0.25) is 0 Å². The molecule has 1 aliphatic heterocycles. The summed E-state index contributed by atoms with van der Waals surface area (Å²) in [5, 5.41) is 2.48.